The first-order valence-corrected chi connectivity index (χ1v) is 6.55. The summed E-state index contributed by atoms with van der Waals surface area (Å²) in [7, 11) is 2.81. The van der Waals surface area contributed by atoms with E-state index < -0.39 is 5.97 Å². The van der Waals surface area contributed by atoms with E-state index in [4.69, 9.17) is 4.74 Å². The van der Waals surface area contributed by atoms with Crippen molar-refractivity contribution in [3.8, 4) is 5.88 Å². The highest BCUT2D eigenvalue weighted by molar-refractivity contribution is 6.05. The number of ether oxygens (including phenoxy) is 2. The lowest BCUT2D eigenvalue weighted by molar-refractivity contribution is 0.0600. The average molecular weight is 300 g/mol. The molecule has 2 aromatic rings. The lowest BCUT2D eigenvalue weighted by atomic mass is 10.1. The quantitative estimate of drug-likeness (QED) is 0.877. The number of hydrogen-bond donors (Lipinski definition) is 1. The summed E-state index contributed by atoms with van der Waals surface area (Å²) in [4.78, 5) is 27.7. The second-order valence-corrected chi connectivity index (χ2v) is 4.56. The highest BCUT2D eigenvalue weighted by atomic mass is 16.5. The van der Waals surface area contributed by atoms with Crippen molar-refractivity contribution < 1.29 is 19.1 Å². The molecule has 0 fully saturated rings. The molecule has 1 N–H and O–H groups in total. The molecule has 1 aromatic heterocycles. The zero-order chi connectivity index (χ0) is 16.1. The number of anilines is 1. The molecule has 0 saturated carbocycles. The molecule has 1 amide bonds. The normalized spacial score (nSPS) is 9.95. The Balaban J connectivity index is 2.21. The van der Waals surface area contributed by atoms with Crippen LogP contribution >= 0.6 is 0 Å². The van der Waals surface area contributed by atoms with Gasteiger partial charge in [-0.3, -0.25) is 4.79 Å². The van der Waals surface area contributed by atoms with E-state index in [0.717, 1.165) is 5.56 Å². The maximum atomic E-state index is 12.2. The predicted octanol–water partition coefficient (Wildman–Crippen LogP) is 2.44. The zero-order valence-corrected chi connectivity index (χ0v) is 12.5. The summed E-state index contributed by atoms with van der Waals surface area (Å²) in [5, 5.41) is 2.76. The van der Waals surface area contributed by atoms with E-state index >= 15 is 0 Å². The lowest BCUT2D eigenvalue weighted by Gasteiger charge is -2.10. The summed E-state index contributed by atoms with van der Waals surface area (Å²) < 4.78 is 9.62. The summed E-state index contributed by atoms with van der Waals surface area (Å²) in [6, 6.07) is 8.18. The molecule has 6 nitrogen and oxygen atoms in total. The number of pyridine rings is 1. The van der Waals surface area contributed by atoms with Crippen molar-refractivity contribution in [2.24, 2.45) is 0 Å². The first-order valence-electron chi connectivity index (χ1n) is 6.55. The first kappa shape index (κ1) is 15.5. The van der Waals surface area contributed by atoms with Gasteiger partial charge in [-0.15, -0.1) is 0 Å². The van der Waals surface area contributed by atoms with Crippen LogP contribution in [0.2, 0.25) is 0 Å². The van der Waals surface area contributed by atoms with Crippen molar-refractivity contribution in [3.63, 3.8) is 0 Å². The van der Waals surface area contributed by atoms with Gasteiger partial charge >= 0.3 is 5.97 Å². The molecule has 0 aliphatic heterocycles. The molecule has 1 aromatic carbocycles. The van der Waals surface area contributed by atoms with Crippen molar-refractivity contribution in [2.75, 3.05) is 19.5 Å². The van der Waals surface area contributed by atoms with Crippen LogP contribution < -0.4 is 10.1 Å². The van der Waals surface area contributed by atoms with Crippen LogP contribution in [0.3, 0.4) is 0 Å². The molecule has 0 spiro atoms. The summed E-state index contributed by atoms with van der Waals surface area (Å²) in [5.74, 6) is -0.345. The van der Waals surface area contributed by atoms with E-state index in [1.807, 2.05) is 6.92 Å². The number of carbonyl (C=O) groups excluding carboxylic acids is 2. The fourth-order valence-corrected chi connectivity index (χ4v) is 1.83. The Morgan fingerprint density at radius 3 is 2.41 bits per heavy atom. The number of carbonyl (C=O) groups is 2. The predicted molar refractivity (Wildman–Crippen MR) is 81.3 cm³/mol. The third-order valence-electron chi connectivity index (χ3n) is 3.11. The number of nitrogens with one attached hydrogen (secondary N) is 1. The van der Waals surface area contributed by atoms with Crippen LogP contribution in [0.1, 0.15) is 26.3 Å². The molecule has 2 rings (SSSR count). The maximum absolute atomic E-state index is 12.2. The van der Waals surface area contributed by atoms with Crippen LogP contribution in [-0.2, 0) is 4.74 Å². The molecular weight excluding hydrogens is 284 g/mol. The number of aryl methyl sites for hydroxylation is 1. The average Bonchev–Trinajstić information content (AvgIpc) is 2.56. The Morgan fingerprint density at radius 2 is 1.82 bits per heavy atom. The Hall–Kier alpha value is -2.89. The lowest BCUT2D eigenvalue weighted by Crippen LogP contribution is -2.14. The van der Waals surface area contributed by atoms with Crippen molar-refractivity contribution in [2.45, 2.75) is 6.92 Å². The second-order valence-electron chi connectivity index (χ2n) is 4.56. The van der Waals surface area contributed by atoms with E-state index in [0.29, 0.717) is 22.7 Å². The minimum Gasteiger partial charge on any atom is -0.481 e. The molecule has 114 valence electrons. The van der Waals surface area contributed by atoms with E-state index in [-0.39, 0.29) is 5.91 Å². The van der Waals surface area contributed by atoms with E-state index in [1.54, 1.807) is 30.3 Å². The van der Waals surface area contributed by atoms with Crippen molar-refractivity contribution in [1.82, 2.24) is 4.98 Å². The summed E-state index contributed by atoms with van der Waals surface area (Å²) in [6.07, 6.45) is 1.42. The molecule has 0 bridgehead atoms. The molecule has 0 aliphatic rings. The van der Waals surface area contributed by atoms with Crippen molar-refractivity contribution in [1.29, 1.82) is 0 Å². The van der Waals surface area contributed by atoms with Crippen LogP contribution in [0.4, 0.5) is 5.69 Å². The number of aromatic nitrogens is 1. The molecular formula is C16H16N2O4. The largest absolute Gasteiger partial charge is 0.481 e. The number of amides is 1. The third-order valence-corrected chi connectivity index (χ3v) is 3.11. The number of hydrogen-bond acceptors (Lipinski definition) is 5. The van der Waals surface area contributed by atoms with Gasteiger partial charge < -0.3 is 14.8 Å². The number of methoxy groups -OCH3 is 2. The molecule has 0 radical (unpaired) electrons. The highest BCUT2D eigenvalue weighted by Gasteiger charge is 2.12. The van der Waals surface area contributed by atoms with Crippen LogP contribution in [0, 0.1) is 6.92 Å². The third kappa shape index (κ3) is 3.41. The molecule has 0 saturated heterocycles. The minimum absolute atomic E-state index is 0.319. The summed E-state index contributed by atoms with van der Waals surface area (Å²) in [5.41, 5.74) is 2.14. The van der Waals surface area contributed by atoms with Gasteiger partial charge in [-0.1, -0.05) is 6.07 Å². The Bertz CT molecular complexity index is 696. The second kappa shape index (κ2) is 6.71. The maximum Gasteiger partial charge on any atom is 0.337 e. The Labute approximate surface area is 128 Å². The molecule has 6 heteroatoms. The summed E-state index contributed by atoms with van der Waals surface area (Å²) in [6.45, 7) is 1.84. The van der Waals surface area contributed by atoms with E-state index in [9.17, 15) is 9.59 Å². The molecule has 0 atom stereocenters. The van der Waals surface area contributed by atoms with E-state index in [1.165, 1.54) is 20.4 Å². The van der Waals surface area contributed by atoms with E-state index in [2.05, 4.69) is 15.0 Å². The van der Waals surface area contributed by atoms with Crippen LogP contribution in [0.15, 0.2) is 36.5 Å². The SMILES string of the molecule is COC(=O)c1ccc(C)c(NC(=O)c2ccc(OC)nc2)c1. The van der Waals surface area contributed by atoms with Crippen molar-refractivity contribution >= 4 is 17.6 Å². The number of esters is 1. The van der Waals surface area contributed by atoms with Gasteiger partial charge in [0.2, 0.25) is 5.88 Å². The van der Waals surface area contributed by atoms with Crippen LogP contribution in [0.5, 0.6) is 5.88 Å². The topological polar surface area (TPSA) is 77.5 Å². The fourth-order valence-electron chi connectivity index (χ4n) is 1.83. The van der Waals surface area contributed by atoms with Gasteiger partial charge in [-0.2, -0.15) is 0 Å². The summed E-state index contributed by atoms with van der Waals surface area (Å²) >= 11 is 0. The minimum atomic E-state index is -0.457. The van der Waals surface area contributed by atoms with Gasteiger partial charge in [0.1, 0.15) is 0 Å². The van der Waals surface area contributed by atoms with Gasteiger partial charge in [0.15, 0.2) is 0 Å². The monoisotopic (exact) mass is 300 g/mol. The van der Waals surface area contributed by atoms with Crippen LogP contribution in [0.25, 0.3) is 0 Å². The van der Waals surface area contributed by atoms with Crippen LogP contribution in [-0.4, -0.2) is 31.1 Å². The first-order chi connectivity index (χ1) is 10.5. The number of rotatable bonds is 4. The smallest absolute Gasteiger partial charge is 0.337 e. The van der Waals surface area contributed by atoms with Gasteiger partial charge in [0, 0.05) is 18.0 Å². The number of nitrogens with zero attached hydrogens (tertiary/aromatic N) is 1. The standard InChI is InChI=1S/C16H16N2O4/c1-10-4-5-11(16(20)22-3)8-13(10)18-15(19)12-6-7-14(21-2)17-9-12/h4-9H,1-3H3,(H,18,19). The Kier molecular flexibility index (Phi) is 4.73. The van der Waals surface area contributed by atoms with Gasteiger partial charge in [0.25, 0.3) is 5.91 Å². The molecule has 1 heterocycles. The van der Waals surface area contributed by atoms with Gasteiger partial charge in [-0.05, 0) is 30.7 Å². The Morgan fingerprint density at radius 1 is 1.09 bits per heavy atom. The molecule has 0 unspecified atom stereocenters. The van der Waals surface area contributed by atoms with Gasteiger partial charge in [-0.25, -0.2) is 9.78 Å². The molecule has 0 aliphatic carbocycles. The highest BCUT2D eigenvalue weighted by Crippen LogP contribution is 2.19. The zero-order valence-electron chi connectivity index (χ0n) is 12.5. The molecule has 22 heavy (non-hydrogen) atoms. The van der Waals surface area contributed by atoms with Gasteiger partial charge in [0.05, 0.1) is 25.3 Å². The fraction of sp³-hybridized carbons (Fsp3) is 0.188. The number of benzene rings is 1. The van der Waals surface area contributed by atoms with Crippen molar-refractivity contribution in [3.05, 3.63) is 53.2 Å².